The summed E-state index contributed by atoms with van der Waals surface area (Å²) in [4.78, 5) is 0. The highest BCUT2D eigenvalue weighted by Gasteiger charge is 2.06. The van der Waals surface area contributed by atoms with Gasteiger partial charge in [0, 0.05) is 6.54 Å². The first kappa shape index (κ1) is 13.2. The zero-order valence-corrected chi connectivity index (χ0v) is 11.4. The van der Waals surface area contributed by atoms with Crippen LogP contribution < -0.4 is 10.1 Å². The Morgan fingerprint density at radius 3 is 2.38 bits per heavy atom. The molecule has 0 aliphatic carbocycles. The first-order chi connectivity index (χ1) is 10.4. The third-order valence-corrected chi connectivity index (χ3v) is 2.86. The van der Waals surface area contributed by atoms with Crippen LogP contribution in [0.15, 0.2) is 65.1 Å². The summed E-state index contributed by atoms with van der Waals surface area (Å²) < 4.78 is 11.0. The predicted molar refractivity (Wildman–Crippen MR) is 78.8 cm³/mol. The molecule has 0 aliphatic heterocycles. The highest BCUT2D eigenvalue weighted by molar-refractivity contribution is 5.24. The van der Waals surface area contributed by atoms with Crippen LogP contribution >= 0.6 is 0 Å². The number of nitrogens with zero attached hydrogens (tertiary/aromatic N) is 2. The number of hydrogen-bond donors (Lipinski definition) is 1. The Labute approximate surface area is 122 Å². The van der Waals surface area contributed by atoms with Gasteiger partial charge in [0.1, 0.15) is 5.75 Å². The van der Waals surface area contributed by atoms with Crippen LogP contribution in [0.3, 0.4) is 0 Å². The number of nitrogens with one attached hydrogen (secondary N) is 1. The van der Waals surface area contributed by atoms with E-state index in [4.69, 9.17) is 9.15 Å². The first-order valence-corrected chi connectivity index (χ1v) is 6.68. The highest BCUT2D eigenvalue weighted by atomic mass is 16.5. The minimum absolute atomic E-state index is 0.254. The molecule has 1 N–H and O–H groups in total. The Hall–Kier alpha value is -2.82. The summed E-state index contributed by atoms with van der Waals surface area (Å²) in [5.41, 5.74) is 1.15. The molecule has 0 aliphatic rings. The van der Waals surface area contributed by atoms with Crippen molar-refractivity contribution in [2.45, 2.75) is 13.2 Å². The van der Waals surface area contributed by atoms with E-state index in [1.165, 1.54) is 0 Å². The summed E-state index contributed by atoms with van der Waals surface area (Å²) in [6, 6.07) is 19.9. The molecule has 3 rings (SSSR count). The Morgan fingerprint density at radius 2 is 1.62 bits per heavy atom. The van der Waals surface area contributed by atoms with Crippen LogP contribution in [0.1, 0.15) is 11.5 Å². The van der Waals surface area contributed by atoms with Crippen LogP contribution in [0.4, 0.5) is 6.01 Å². The molecule has 0 saturated carbocycles. The van der Waals surface area contributed by atoms with Crippen LogP contribution in [-0.2, 0) is 13.2 Å². The minimum atomic E-state index is 0.254. The number of rotatable bonds is 6. The Balaban J connectivity index is 1.52. The molecule has 0 atom stereocenters. The van der Waals surface area contributed by atoms with E-state index in [2.05, 4.69) is 15.5 Å². The summed E-state index contributed by atoms with van der Waals surface area (Å²) in [5.74, 6) is 1.21. The lowest BCUT2D eigenvalue weighted by Gasteiger charge is -2.02. The second-order valence-electron chi connectivity index (χ2n) is 4.44. The van der Waals surface area contributed by atoms with Crippen LogP contribution in [0.25, 0.3) is 0 Å². The Morgan fingerprint density at radius 1 is 0.905 bits per heavy atom. The largest absolute Gasteiger partial charge is 0.484 e. The fourth-order valence-corrected chi connectivity index (χ4v) is 1.82. The number of anilines is 1. The molecule has 21 heavy (non-hydrogen) atoms. The van der Waals surface area contributed by atoms with Gasteiger partial charge in [-0.15, -0.1) is 5.10 Å². The highest BCUT2D eigenvalue weighted by Crippen LogP contribution is 2.13. The molecule has 0 unspecified atom stereocenters. The Kier molecular flexibility index (Phi) is 4.12. The zero-order chi connectivity index (χ0) is 14.3. The molecule has 5 nitrogen and oxygen atoms in total. The molecule has 1 aromatic heterocycles. The van der Waals surface area contributed by atoms with Gasteiger partial charge in [-0.25, -0.2) is 0 Å². The van der Waals surface area contributed by atoms with Gasteiger partial charge in [-0.1, -0.05) is 53.6 Å². The van der Waals surface area contributed by atoms with E-state index in [0.717, 1.165) is 11.3 Å². The van der Waals surface area contributed by atoms with Crippen LogP contribution in [0, 0.1) is 0 Å². The van der Waals surface area contributed by atoms with Gasteiger partial charge in [0.25, 0.3) is 5.89 Å². The lowest BCUT2D eigenvalue weighted by atomic mass is 10.2. The molecule has 0 bridgehead atoms. The van der Waals surface area contributed by atoms with Gasteiger partial charge >= 0.3 is 6.01 Å². The van der Waals surface area contributed by atoms with Gasteiger partial charge in [0.15, 0.2) is 6.61 Å². The van der Waals surface area contributed by atoms with Gasteiger partial charge in [-0.2, -0.15) is 0 Å². The summed E-state index contributed by atoms with van der Waals surface area (Å²) in [7, 11) is 0. The number of benzene rings is 2. The van der Waals surface area contributed by atoms with Gasteiger partial charge in [-0.3, -0.25) is 0 Å². The maximum atomic E-state index is 5.54. The van der Waals surface area contributed by atoms with E-state index in [0.29, 0.717) is 18.5 Å². The lowest BCUT2D eigenvalue weighted by Crippen LogP contribution is -1.99. The van der Waals surface area contributed by atoms with E-state index < -0.39 is 0 Å². The molecule has 1 heterocycles. The van der Waals surface area contributed by atoms with E-state index in [1.54, 1.807) is 0 Å². The lowest BCUT2D eigenvalue weighted by molar-refractivity contribution is 0.264. The van der Waals surface area contributed by atoms with Crippen LogP contribution in [-0.4, -0.2) is 10.2 Å². The summed E-state index contributed by atoms with van der Waals surface area (Å²) in [6.07, 6.45) is 0. The smallest absolute Gasteiger partial charge is 0.315 e. The van der Waals surface area contributed by atoms with Crippen molar-refractivity contribution in [2.24, 2.45) is 0 Å². The minimum Gasteiger partial charge on any atom is -0.484 e. The number of hydrogen-bond acceptors (Lipinski definition) is 5. The predicted octanol–water partition coefficient (Wildman–Crippen LogP) is 3.26. The molecular weight excluding hydrogens is 266 g/mol. The Bertz CT molecular complexity index is 610. The van der Waals surface area contributed by atoms with Crippen molar-refractivity contribution >= 4 is 6.01 Å². The fourth-order valence-electron chi connectivity index (χ4n) is 1.82. The van der Waals surface area contributed by atoms with Crippen molar-refractivity contribution in [3.8, 4) is 5.75 Å². The molecule has 0 radical (unpaired) electrons. The van der Waals surface area contributed by atoms with Crippen molar-refractivity contribution in [2.75, 3.05) is 5.32 Å². The first-order valence-electron chi connectivity index (χ1n) is 6.68. The fraction of sp³-hybridized carbons (Fsp3) is 0.125. The molecule has 0 fully saturated rings. The maximum Gasteiger partial charge on any atom is 0.315 e. The van der Waals surface area contributed by atoms with Crippen molar-refractivity contribution in [1.82, 2.24) is 10.2 Å². The molecule has 0 spiro atoms. The average Bonchev–Trinajstić information content (AvgIpc) is 3.01. The van der Waals surface area contributed by atoms with Crippen molar-refractivity contribution in [1.29, 1.82) is 0 Å². The summed E-state index contributed by atoms with van der Waals surface area (Å²) >= 11 is 0. The molecule has 3 aromatic rings. The topological polar surface area (TPSA) is 60.2 Å². The normalized spacial score (nSPS) is 10.3. The number of ether oxygens (including phenoxy) is 1. The van der Waals surface area contributed by atoms with Crippen molar-refractivity contribution < 1.29 is 9.15 Å². The number of aromatic nitrogens is 2. The maximum absolute atomic E-state index is 5.54. The second kappa shape index (κ2) is 6.56. The van der Waals surface area contributed by atoms with Crippen molar-refractivity contribution in [3.05, 3.63) is 72.1 Å². The third kappa shape index (κ3) is 3.82. The zero-order valence-electron chi connectivity index (χ0n) is 11.4. The van der Waals surface area contributed by atoms with Crippen LogP contribution in [0.2, 0.25) is 0 Å². The van der Waals surface area contributed by atoms with E-state index in [-0.39, 0.29) is 6.61 Å². The van der Waals surface area contributed by atoms with Gasteiger partial charge in [0.2, 0.25) is 0 Å². The second-order valence-corrected chi connectivity index (χ2v) is 4.44. The van der Waals surface area contributed by atoms with Crippen molar-refractivity contribution in [3.63, 3.8) is 0 Å². The number of para-hydroxylation sites is 1. The van der Waals surface area contributed by atoms with Gasteiger partial charge < -0.3 is 14.5 Å². The third-order valence-electron chi connectivity index (χ3n) is 2.86. The molecule has 0 amide bonds. The van der Waals surface area contributed by atoms with Gasteiger partial charge in [0.05, 0.1) is 0 Å². The van der Waals surface area contributed by atoms with E-state index in [9.17, 15) is 0 Å². The molecule has 5 heteroatoms. The SMILES string of the molecule is c1ccc(CNc2nnc(COc3ccccc3)o2)cc1. The monoisotopic (exact) mass is 281 g/mol. The molecule has 0 saturated heterocycles. The molecule has 106 valence electrons. The quantitative estimate of drug-likeness (QED) is 0.751. The summed E-state index contributed by atoms with van der Waals surface area (Å²) in [5, 5.41) is 11.0. The van der Waals surface area contributed by atoms with E-state index >= 15 is 0 Å². The summed E-state index contributed by atoms with van der Waals surface area (Å²) in [6.45, 7) is 0.895. The molecular formula is C16H15N3O2. The molecule has 2 aromatic carbocycles. The van der Waals surface area contributed by atoms with E-state index in [1.807, 2.05) is 60.7 Å². The van der Waals surface area contributed by atoms with Gasteiger partial charge in [-0.05, 0) is 17.7 Å². The standard InChI is InChI=1S/C16H15N3O2/c1-3-7-13(8-4-1)11-17-16-19-18-15(21-16)12-20-14-9-5-2-6-10-14/h1-10H,11-12H2,(H,17,19). The average molecular weight is 281 g/mol. The van der Waals surface area contributed by atoms with Crippen LogP contribution in [0.5, 0.6) is 5.75 Å².